The van der Waals surface area contributed by atoms with Crippen molar-refractivity contribution in [1.29, 1.82) is 0 Å². The fourth-order valence-corrected chi connectivity index (χ4v) is 1.99. The second-order valence-electron chi connectivity index (χ2n) is 5.03. The Morgan fingerprint density at radius 2 is 2.05 bits per heavy atom. The topological polar surface area (TPSA) is 61.4 Å². The van der Waals surface area contributed by atoms with Gasteiger partial charge in [-0.15, -0.1) is 0 Å². The molecule has 112 valence electrons. The first-order chi connectivity index (χ1) is 9.55. The Bertz CT molecular complexity index is 425. The highest BCUT2D eigenvalue weighted by Gasteiger charge is 2.24. The lowest BCUT2D eigenvalue weighted by atomic mass is 9.83. The summed E-state index contributed by atoms with van der Waals surface area (Å²) in [5.41, 5.74) is 0.260. The van der Waals surface area contributed by atoms with Crippen molar-refractivity contribution in [2.24, 2.45) is 5.41 Å². The number of nitrogens with one attached hydrogen (secondary N) is 2. The van der Waals surface area contributed by atoms with Gasteiger partial charge in [0.2, 0.25) is 5.91 Å². The standard InChI is InChI=1S/C15H23FN2O2/c1-3-15(4-2,11-19)10-17-9-14(20)18-13-7-5-6-12(16)8-13/h5-8,17,19H,3-4,9-11H2,1-2H3,(H,18,20). The van der Waals surface area contributed by atoms with Crippen LogP contribution < -0.4 is 10.6 Å². The van der Waals surface area contributed by atoms with E-state index in [9.17, 15) is 14.3 Å². The molecule has 0 aromatic heterocycles. The van der Waals surface area contributed by atoms with Gasteiger partial charge in [0.05, 0.1) is 6.54 Å². The molecule has 0 bridgehead atoms. The molecule has 0 unspecified atom stereocenters. The van der Waals surface area contributed by atoms with E-state index in [1.54, 1.807) is 12.1 Å². The number of hydrogen-bond acceptors (Lipinski definition) is 3. The average Bonchev–Trinajstić information content (AvgIpc) is 2.44. The molecular formula is C15H23FN2O2. The van der Waals surface area contributed by atoms with Crippen molar-refractivity contribution < 1.29 is 14.3 Å². The number of amides is 1. The minimum atomic E-state index is -0.382. The van der Waals surface area contributed by atoms with Crippen molar-refractivity contribution in [3.63, 3.8) is 0 Å². The number of carbonyl (C=O) groups is 1. The van der Waals surface area contributed by atoms with Crippen LogP contribution in [-0.2, 0) is 4.79 Å². The molecule has 5 heteroatoms. The molecule has 0 aliphatic rings. The molecule has 0 aliphatic carbocycles. The number of aliphatic hydroxyl groups excluding tert-OH is 1. The maximum atomic E-state index is 13.0. The summed E-state index contributed by atoms with van der Waals surface area (Å²) in [6.07, 6.45) is 1.69. The summed E-state index contributed by atoms with van der Waals surface area (Å²) in [6, 6.07) is 5.78. The summed E-state index contributed by atoms with van der Waals surface area (Å²) in [4.78, 5) is 11.7. The number of rotatable bonds is 8. The molecule has 1 amide bonds. The Morgan fingerprint density at radius 3 is 2.60 bits per heavy atom. The molecule has 1 rings (SSSR count). The van der Waals surface area contributed by atoms with Crippen LogP contribution in [0.3, 0.4) is 0 Å². The van der Waals surface area contributed by atoms with Gasteiger partial charge in [-0.2, -0.15) is 0 Å². The monoisotopic (exact) mass is 282 g/mol. The second kappa shape index (κ2) is 7.97. The zero-order valence-electron chi connectivity index (χ0n) is 12.1. The van der Waals surface area contributed by atoms with Gasteiger partial charge in [0.15, 0.2) is 0 Å². The maximum absolute atomic E-state index is 13.0. The molecule has 3 N–H and O–H groups in total. The minimum absolute atomic E-state index is 0.0957. The fraction of sp³-hybridized carbons (Fsp3) is 0.533. The Balaban J connectivity index is 2.40. The van der Waals surface area contributed by atoms with Crippen LogP contribution in [0.1, 0.15) is 26.7 Å². The Morgan fingerprint density at radius 1 is 1.35 bits per heavy atom. The van der Waals surface area contributed by atoms with Crippen LogP contribution in [0.5, 0.6) is 0 Å². The van der Waals surface area contributed by atoms with Crippen molar-refractivity contribution in [2.75, 3.05) is 25.0 Å². The van der Waals surface area contributed by atoms with Crippen LogP contribution in [0, 0.1) is 11.2 Å². The number of halogens is 1. The fourth-order valence-electron chi connectivity index (χ4n) is 1.99. The third kappa shape index (κ3) is 4.90. The van der Waals surface area contributed by atoms with Gasteiger partial charge in [-0.05, 0) is 31.0 Å². The van der Waals surface area contributed by atoms with Crippen LogP contribution in [0.2, 0.25) is 0 Å². The van der Waals surface area contributed by atoms with Gasteiger partial charge in [-0.25, -0.2) is 4.39 Å². The van der Waals surface area contributed by atoms with E-state index < -0.39 is 0 Å². The number of benzene rings is 1. The van der Waals surface area contributed by atoms with Gasteiger partial charge >= 0.3 is 0 Å². The van der Waals surface area contributed by atoms with Gasteiger partial charge in [-0.1, -0.05) is 19.9 Å². The van der Waals surface area contributed by atoms with E-state index in [1.807, 2.05) is 13.8 Å². The predicted octanol–water partition coefficient (Wildman–Crippen LogP) is 2.15. The zero-order chi connectivity index (χ0) is 15.0. The Kier molecular flexibility index (Phi) is 6.61. The lowest BCUT2D eigenvalue weighted by Crippen LogP contribution is -2.39. The van der Waals surface area contributed by atoms with Gasteiger partial charge in [-0.3, -0.25) is 4.79 Å². The minimum Gasteiger partial charge on any atom is -0.396 e. The van der Waals surface area contributed by atoms with E-state index >= 15 is 0 Å². The van der Waals surface area contributed by atoms with Gasteiger partial charge in [0.25, 0.3) is 0 Å². The largest absolute Gasteiger partial charge is 0.396 e. The summed E-state index contributed by atoms with van der Waals surface area (Å²) in [5, 5.41) is 15.1. The summed E-state index contributed by atoms with van der Waals surface area (Å²) in [7, 11) is 0. The summed E-state index contributed by atoms with van der Waals surface area (Å²) in [6.45, 7) is 4.85. The zero-order valence-corrected chi connectivity index (χ0v) is 12.1. The van der Waals surface area contributed by atoms with Crippen LogP contribution in [0.25, 0.3) is 0 Å². The first-order valence-electron chi connectivity index (χ1n) is 6.92. The van der Waals surface area contributed by atoms with Crippen molar-refractivity contribution >= 4 is 11.6 Å². The molecule has 1 aromatic rings. The molecule has 0 spiro atoms. The number of anilines is 1. The molecule has 0 atom stereocenters. The van der Waals surface area contributed by atoms with Crippen LogP contribution in [-0.4, -0.2) is 30.7 Å². The summed E-state index contributed by atoms with van der Waals surface area (Å²) in [5.74, 6) is -0.610. The van der Waals surface area contributed by atoms with E-state index in [1.165, 1.54) is 12.1 Å². The van der Waals surface area contributed by atoms with Gasteiger partial charge < -0.3 is 15.7 Å². The van der Waals surface area contributed by atoms with E-state index in [0.717, 1.165) is 12.8 Å². The summed E-state index contributed by atoms with van der Waals surface area (Å²) >= 11 is 0. The molecule has 0 heterocycles. The molecular weight excluding hydrogens is 259 g/mol. The third-order valence-electron chi connectivity index (χ3n) is 3.73. The third-order valence-corrected chi connectivity index (χ3v) is 3.73. The molecule has 4 nitrogen and oxygen atoms in total. The highest BCUT2D eigenvalue weighted by Crippen LogP contribution is 2.24. The molecule has 0 radical (unpaired) electrons. The SMILES string of the molecule is CCC(CC)(CO)CNCC(=O)Nc1cccc(F)c1. The molecule has 0 fully saturated rings. The summed E-state index contributed by atoms with van der Waals surface area (Å²) < 4.78 is 13.0. The quantitative estimate of drug-likeness (QED) is 0.684. The second-order valence-corrected chi connectivity index (χ2v) is 5.03. The van der Waals surface area contributed by atoms with Crippen molar-refractivity contribution in [3.8, 4) is 0 Å². The molecule has 0 saturated heterocycles. The number of hydrogen-bond donors (Lipinski definition) is 3. The number of carbonyl (C=O) groups excluding carboxylic acids is 1. The smallest absolute Gasteiger partial charge is 0.238 e. The normalized spacial score (nSPS) is 11.4. The van der Waals surface area contributed by atoms with Gasteiger partial charge in [0, 0.05) is 24.3 Å². The first kappa shape index (κ1) is 16.6. The van der Waals surface area contributed by atoms with Gasteiger partial charge in [0.1, 0.15) is 5.82 Å². The van der Waals surface area contributed by atoms with Crippen molar-refractivity contribution in [2.45, 2.75) is 26.7 Å². The molecule has 20 heavy (non-hydrogen) atoms. The van der Waals surface area contributed by atoms with E-state index in [0.29, 0.717) is 12.2 Å². The first-order valence-corrected chi connectivity index (χ1v) is 6.92. The van der Waals surface area contributed by atoms with E-state index in [-0.39, 0.29) is 30.3 Å². The van der Waals surface area contributed by atoms with E-state index in [2.05, 4.69) is 10.6 Å². The highest BCUT2D eigenvalue weighted by atomic mass is 19.1. The Hall–Kier alpha value is -1.46. The average molecular weight is 282 g/mol. The Labute approximate surface area is 119 Å². The lowest BCUT2D eigenvalue weighted by molar-refractivity contribution is -0.115. The van der Waals surface area contributed by atoms with Crippen LogP contribution in [0.15, 0.2) is 24.3 Å². The van der Waals surface area contributed by atoms with Crippen molar-refractivity contribution in [1.82, 2.24) is 5.32 Å². The lowest BCUT2D eigenvalue weighted by Gasteiger charge is -2.29. The van der Waals surface area contributed by atoms with Crippen LogP contribution in [0.4, 0.5) is 10.1 Å². The maximum Gasteiger partial charge on any atom is 0.238 e. The van der Waals surface area contributed by atoms with Crippen molar-refractivity contribution in [3.05, 3.63) is 30.1 Å². The van der Waals surface area contributed by atoms with E-state index in [4.69, 9.17) is 0 Å². The highest BCUT2D eigenvalue weighted by molar-refractivity contribution is 5.92. The molecule has 0 saturated carbocycles. The molecule has 0 aliphatic heterocycles. The predicted molar refractivity (Wildman–Crippen MR) is 78.0 cm³/mol. The molecule has 1 aromatic carbocycles. The number of aliphatic hydroxyl groups is 1. The van der Waals surface area contributed by atoms with Crippen LogP contribution >= 0.6 is 0 Å².